The summed E-state index contributed by atoms with van der Waals surface area (Å²) in [5.74, 6) is 0.805. The van der Waals surface area contributed by atoms with E-state index < -0.39 is 0 Å². The molecule has 1 aromatic heterocycles. The summed E-state index contributed by atoms with van der Waals surface area (Å²) in [6, 6.07) is 8.18. The zero-order chi connectivity index (χ0) is 17.6. The largest absolute Gasteiger partial charge is 0.340 e. The zero-order valence-corrected chi connectivity index (χ0v) is 15.6. The van der Waals surface area contributed by atoms with E-state index in [1.807, 2.05) is 0 Å². The molecule has 2 aromatic rings. The number of hydrogen-bond donors (Lipinski definition) is 0. The number of carbonyl (C=O) groups excluding carboxylic acids is 1. The molecule has 0 radical (unpaired) electrons. The van der Waals surface area contributed by atoms with Crippen molar-refractivity contribution in [3.8, 4) is 0 Å². The number of piperazine rings is 1. The Morgan fingerprint density at radius 2 is 2.00 bits per heavy atom. The normalized spacial score (nSPS) is 20.4. The van der Waals surface area contributed by atoms with E-state index in [4.69, 9.17) is 11.6 Å². The molecule has 4 rings (SSSR count). The summed E-state index contributed by atoms with van der Waals surface area (Å²) in [7, 11) is 1.77. The molecule has 25 heavy (non-hydrogen) atoms. The van der Waals surface area contributed by atoms with Gasteiger partial charge in [0.15, 0.2) is 5.82 Å². The molecule has 2 aliphatic heterocycles. The zero-order valence-electron chi connectivity index (χ0n) is 14.0. The molecule has 1 saturated heterocycles. The molecule has 0 spiro atoms. The Bertz CT molecular complexity index is 815. The second kappa shape index (κ2) is 6.48. The summed E-state index contributed by atoms with van der Waals surface area (Å²) < 4.78 is 2.24. The van der Waals surface area contributed by atoms with Crippen LogP contribution in [0.25, 0.3) is 0 Å². The van der Waals surface area contributed by atoms with Crippen LogP contribution in [0.4, 0.5) is 11.5 Å². The molecule has 130 valence electrons. The molecule has 0 bridgehead atoms. The van der Waals surface area contributed by atoms with E-state index in [0.29, 0.717) is 12.2 Å². The average molecular weight is 376 g/mol. The number of aromatic nitrogens is 2. The van der Waals surface area contributed by atoms with E-state index in [2.05, 4.69) is 50.4 Å². The van der Waals surface area contributed by atoms with E-state index in [-0.39, 0.29) is 17.2 Å². The van der Waals surface area contributed by atoms with Crippen LogP contribution in [0.15, 0.2) is 35.4 Å². The molecule has 1 aromatic carbocycles. The maximum absolute atomic E-state index is 12.8. The fourth-order valence-corrected chi connectivity index (χ4v) is 4.26. The molecular weight excluding hydrogens is 358 g/mol. The van der Waals surface area contributed by atoms with Crippen LogP contribution < -0.4 is 9.80 Å². The maximum Gasteiger partial charge on any atom is 0.250 e. The summed E-state index contributed by atoms with van der Waals surface area (Å²) in [5.41, 5.74) is 1.96. The number of benzene rings is 1. The number of amides is 1. The fraction of sp³-hybridized carbons (Fsp3) is 0.353. The summed E-state index contributed by atoms with van der Waals surface area (Å²) >= 11 is 7.67. The van der Waals surface area contributed by atoms with Gasteiger partial charge in [0.1, 0.15) is 11.7 Å². The third kappa shape index (κ3) is 3.07. The van der Waals surface area contributed by atoms with Crippen LogP contribution in [0, 0.1) is 6.92 Å². The van der Waals surface area contributed by atoms with Crippen LogP contribution in [-0.2, 0) is 4.79 Å². The number of hydrogen-bond acceptors (Lipinski definition) is 6. The molecule has 3 heterocycles. The van der Waals surface area contributed by atoms with Crippen LogP contribution in [0.2, 0.25) is 5.28 Å². The molecule has 2 aliphatic rings. The Hall–Kier alpha value is -1.83. The number of halogens is 1. The molecular formula is C17H18ClN5OS. The summed E-state index contributed by atoms with van der Waals surface area (Å²) in [5, 5.41) is 0.205. The Kier molecular flexibility index (Phi) is 4.31. The lowest BCUT2D eigenvalue weighted by Crippen LogP contribution is -2.61. The van der Waals surface area contributed by atoms with Crippen molar-refractivity contribution < 1.29 is 4.79 Å². The van der Waals surface area contributed by atoms with Gasteiger partial charge >= 0.3 is 0 Å². The van der Waals surface area contributed by atoms with Crippen molar-refractivity contribution in [3.05, 3.63) is 41.3 Å². The van der Waals surface area contributed by atoms with Gasteiger partial charge in [-0.15, -0.1) is 0 Å². The van der Waals surface area contributed by atoms with E-state index in [9.17, 15) is 4.79 Å². The topological polar surface area (TPSA) is 52.6 Å². The van der Waals surface area contributed by atoms with Crippen LogP contribution in [0.5, 0.6) is 0 Å². The lowest BCUT2D eigenvalue weighted by atomic mass is 10.1. The maximum atomic E-state index is 12.8. The van der Waals surface area contributed by atoms with Crippen molar-refractivity contribution in [1.29, 1.82) is 0 Å². The van der Waals surface area contributed by atoms with Gasteiger partial charge in [0.05, 0.1) is 6.20 Å². The van der Waals surface area contributed by atoms with Crippen molar-refractivity contribution in [2.75, 3.05) is 36.5 Å². The smallest absolute Gasteiger partial charge is 0.250 e. The van der Waals surface area contributed by atoms with E-state index in [1.165, 1.54) is 10.5 Å². The summed E-state index contributed by atoms with van der Waals surface area (Å²) in [6.45, 7) is 4.29. The van der Waals surface area contributed by atoms with Crippen molar-refractivity contribution in [2.24, 2.45) is 0 Å². The highest BCUT2D eigenvalue weighted by Gasteiger charge is 2.41. The Labute approximate surface area is 155 Å². The van der Waals surface area contributed by atoms with Crippen LogP contribution in [-0.4, -0.2) is 52.9 Å². The highest BCUT2D eigenvalue weighted by atomic mass is 35.5. The number of rotatable bonds is 2. The van der Waals surface area contributed by atoms with Crippen molar-refractivity contribution >= 4 is 41.0 Å². The standard InChI is InChI=1S/C17H18ClN5OS/c1-11-3-5-12(6-4-11)25-22-7-8-23-14(10-22)16(24)21(2)13-9-19-17(18)20-15(13)23/h3-6,9,14H,7-8,10H2,1-2H3. The molecule has 1 amide bonds. The number of anilines is 2. The Balaban J connectivity index is 1.57. The van der Waals surface area contributed by atoms with Crippen molar-refractivity contribution in [3.63, 3.8) is 0 Å². The molecule has 0 N–H and O–H groups in total. The van der Waals surface area contributed by atoms with Crippen molar-refractivity contribution in [2.45, 2.75) is 17.9 Å². The third-order valence-electron chi connectivity index (χ3n) is 4.57. The predicted molar refractivity (Wildman–Crippen MR) is 100 cm³/mol. The van der Waals surface area contributed by atoms with E-state index in [0.717, 1.165) is 18.9 Å². The Morgan fingerprint density at radius 1 is 1.24 bits per heavy atom. The highest BCUT2D eigenvalue weighted by Crippen LogP contribution is 2.37. The van der Waals surface area contributed by atoms with Gasteiger partial charge in [-0.3, -0.25) is 4.79 Å². The van der Waals surface area contributed by atoms with Gasteiger partial charge < -0.3 is 9.80 Å². The number of carbonyl (C=O) groups is 1. The number of fused-ring (bicyclic) bond motifs is 3. The van der Waals surface area contributed by atoms with Gasteiger partial charge in [-0.2, -0.15) is 4.98 Å². The summed E-state index contributed by atoms with van der Waals surface area (Å²) in [6.07, 6.45) is 1.62. The van der Waals surface area contributed by atoms with Crippen LogP contribution >= 0.6 is 23.5 Å². The fourth-order valence-electron chi connectivity index (χ4n) is 3.19. The molecule has 1 unspecified atom stereocenters. The molecule has 6 nitrogen and oxygen atoms in total. The van der Waals surface area contributed by atoms with Crippen LogP contribution in [0.1, 0.15) is 5.56 Å². The second-order valence-corrected chi connectivity index (χ2v) is 7.76. The molecule has 0 aliphatic carbocycles. The molecule has 0 saturated carbocycles. The Morgan fingerprint density at radius 3 is 2.76 bits per heavy atom. The first kappa shape index (κ1) is 16.6. The first-order valence-electron chi connectivity index (χ1n) is 8.09. The van der Waals surface area contributed by atoms with Crippen molar-refractivity contribution in [1.82, 2.24) is 14.3 Å². The van der Waals surface area contributed by atoms with Gasteiger partial charge in [0.25, 0.3) is 5.91 Å². The van der Waals surface area contributed by atoms with Gasteiger partial charge in [0, 0.05) is 31.6 Å². The molecule has 1 atom stereocenters. The first-order valence-corrected chi connectivity index (χ1v) is 9.24. The lowest BCUT2D eigenvalue weighted by molar-refractivity contribution is -0.120. The van der Waals surface area contributed by atoms with Gasteiger partial charge in [-0.1, -0.05) is 17.7 Å². The first-order chi connectivity index (χ1) is 12.0. The van der Waals surface area contributed by atoms with Gasteiger partial charge in [-0.05, 0) is 42.6 Å². The summed E-state index contributed by atoms with van der Waals surface area (Å²) in [4.78, 5) is 26.1. The van der Waals surface area contributed by atoms with Gasteiger partial charge in [-0.25, -0.2) is 9.29 Å². The molecule has 8 heteroatoms. The van der Waals surface area contributed by atoms with E-state index >= 15 is 0 Å². The molecule has 1 fully saturated rings. The van der Waals surface area contributed by atoms with E-state index in [1.54, 1.807) is 30.1 Å². The minimum atomic E-state index is -0.254. The lowest BCUT2D eigenvalue weighted by Gasteiger charge is -2.45. The number of nitrogens with zero attached hydrogens (tertiary/aromatic N) is 5. The minimum absolute atomic E-state index is 0.0626. The number of aryl methyl sites for hydroxylation is 1. The van der Waals surface area contributed by atoms with Crippen LogP contribution in [0.3, 0.4) is 0 Å². The minimum Gasteiger partial charge on any atom is -0.340 e. The monoisotopic (exact) mass is 375 g/mol. The second-order valence-electron chi connectivity index (χ2n) is 6.25. The number of likely N-dealkylation sites (N-methyl/N-ethyl adjacent to an activating group) is 1. The highest BCUT2D eigenvalue weighted by molar-refractivity contribution is 7.97. The third-order valence-corrected chi connectivity index (χ3v) is 5.82. The van der Waals surface area contributed by atoms with Gasteiger partial charge in [0.2, 0.25) is 5.28 Å². The average Bonchev–Trinajstić information content (AvgIpc) is 2.61. The SMILES string of the molecule is Cc1ccc(SN2CCN3c4nc(Cl)ncc4N(C)C(=O)C3C2)cc1. The quantitative estimate of drug-likeness (QED) is 0.594. The predicted octanol–water partition coefficient (Wildman–Crippen LogP) is 2.61.